The Kier molecular flexibility index (Phi) is 15.5. The van der Waals surface area contributed by atoms with Gasteiger partial charge in [-0.1, -0.05) is 38.3 Å². The van der Waals surface area contributed by atoms with Crippen LogP contribution in [0.25, 0.3) is 11.1 Å². The van der Waals surface area contributed by atoms with E-state index in [4.69, 9.17) is 14.2 Å². The molecule has 0 unspecified atom stereocenters. The summed E-state index contributed by atoms with van der Waals surface area (Å²) in [7, 11) is 0. The maximum absolute atomic E-state index is 12.9. The van der Waals surface area contributed by atoms with Gasteiger partial charge in [-0.3, -0.25) is 4.79 Å². The van der Waals surface area contributed by atoms with E-state index in [0.29, 0.717) is 30.3 Å². The molecule has 0 heterocycles. The number of rotatable bonds is 20. The zero-order chi connectivity index (χ0) is 29.9. The number of aldehydes is 1. The third-order valence-corrected chi connectivity index (χ3v) is 6.37. The lowest BCUT2D eigenvalue weighted by Crippen LogP contribution is -2.11. The Morgan fingerprint density at radius 2 is 1.05 bits per heavy atom. The Bertz CT molecular complexity index is 1180. The van der Waals surface area contributed by atoms with Crippen molar-refractivity contribution in [1.29, 1.82) is 0 Å². The van der Waals surface area contributed by atoms with Crippen LogP contribution in [0.1, 0.15) is 113 Å². The highest BCUT2D eigenvalue weighted by molar-refractivity contribution is 5.99. The number of esters is 3. The van der Waals surface area contributed by atoms with Crippen LogP contribution in [0.15, 0.2) is 61.7 Å². The lowest BCUT2D eigenvalue weighted by Gasteiger charge is -2.12. The molecule has 0 spiro atoms. The Morgan fingerprint density at radius 1 is 0.610 bits per heavy atom. The van der Waals surface area contributed by atoms with Gasteiger partial charge in [-0.25, -0.2) is 14.4 Å². The van der Waals surface area contributed by atoms with Gasteiger partial charge in [-0.2, -0.15) is 0 Å². The molecule has 2 aromatic carbocycles. The number of unbranched alkanes of at least 4 members (excludes halogenated alkanes) is 7. The highest BCUT2D eigenvalue weighted by atomic mass is 16.5. The first-order valence-corrected chi connectivity index (χ1v) is 14.4. The second-order valence-electron chi connectivity index (χ2n) is 9.80. The lowest BCUT2D eigenvalue weighted by molar-refractivity contribution is 0.0484. The predicted octanol–water partition coefficient (Wildman–Crippen LogP) is 7.93. The number of allylic oxidation sites excluding steroid dienone is 2. The second kappa shape index (κ2) is 19.1. The molecule has 0 aliphatic carbocycles. The van der Waals surface area contributed by atoms with Gasteiger partial charge in [-0.05, 0) is 92.5 Å². The molecule has 7 nitrogen and oxygen atoms in total. The van der Waals surface area contributed by atoms with E-state index in [1.807, 2.05) is 12.2 Å². The topological polar surface area (TPSA) is 96.0 Å². The van der Waals surface area contributed by atoms with E-state index >= 15 is 0 Å². The molecule has 0 bridgehead atoms. The van der Waals surface area contributed by atoms with Crippen LogP contribution in [-0.4, -0.2) is 44.0 Å². The van der Waals surface area contributed by atoms with E-state index in [1.165, 1.54) is 12.1 Å². The minimum Gasteiger partial charge on any atom is -0.462 e. The molecule has 0 atom stereocenters. The van der Waals surface area contributed by atoms with Crippen LogP contribution in [0.4, 0.5) is 0 Å². The van der Waals surface area contributed by atoms with E-state index in [-0.39, 0.29) is 42.1 Å². The van der Waals surface area contributed by atoms with Gasteiger partial charge in [0, 0.05) is 5.56 Å². The van der Waals surface area contributed by atoms with Gasteiger partial charge >= 0.3 is 17.9 Å². The van der Waals surface area contributed by atoms with Gasteiger partial charge in [0.2, 0.25) is 0 Å². The van der Waals surface area contributed by atoms with Crippen molar-refractivity contribution in [3.05, 3.63) is 84.0 Å². The van der Waals surface area contributed by atoms with Crippen molar-refractivity contribution in [2.45, 2.75) is 71.1 Å². The van der Waals surface area contributed by atoms with Crippen molar-refractivity contribution in [2.75, 3.05) is 19.8 Å². The van der Waals surface area contributed by atoms with Crippen molar-refractivity contribution in [3.8, 4) is 11.1 Å². The largest absolute Gasteiger partial charge is 0.462 e. The second-order valence-corrected chi connectivity index (χ2v) is 9.80. The molecule has 0 N–H and O–H groups in total. The van der Waals surface area contributed by atoms with Crippen molar-refractivity contribution in [3.63, 3.8) is 0 Å². The number of ether oxygens (including phenoxy) is 3. The highest BCUT2D eigenvalue weighted by Gasteiger charge is 2.18. The third-order valence-electron chi connectivity index (χ3n) is 6.37. The summed E-state index contributed by atoms with van der Waals surface area (Å²) in [6, 6.07) is 9.25. The van der Waals surface area contributed by atoms with Gasteiger partial charge in [0.1, 0.15) is 6.29 Å². The van der Waals surface area contributed by atoms with E-state index in [0.717, 1.165) is 51.4 Å². The summed E-state index contributed by atoms with van der Waals surface area (Å²) in [5.74, 6) is -1.70. The standard InChI is InChI=1S/C34H42O7/c1-4-7-10-13-16-39-32(36)29-20-26(25-35)19-27(21-29)28-22-30(33(37)40-17-14-11-8-5-2)24-31(23-28)34(38)41-18-15-12-9-6-3/h4-5,19-25H,1-2,6-18H2,3H3. The van der Waals surface area contributed by atoms with E-state index in [1.54, 1.807) is 24.3 Å². The van der Waals surface area contributed by atoms with E-state index in [9.17, 15) is 19.2 Å². The molecule has 2 rings (SSSR count). The van der Waals surface area contributed by atoms with E-state index < -0.39 is 17.9 Å². The Hall–Kier alpha value is -4.00. The summed E-state index contributed by atoms with van der Waals surface area (Å²) in [5, 5.41) is 0. The Balaban J connectivity index is 2.35. The van der Waals surface area contributed by atoms with Crippen LogP contribution in [0.2, 0.25) is 0 Å². The van der Waals surface area contributed by atoms with Crippen molar-refractivity contribution < 1.29 is 33.4 Å². The molecule has 0 saturated carbocycles. The number of carbonyl (C=O) groups excluding carboxylic acids is 4. The number of hydrogen-bond donors (Lipinski definition) is 0. The molecule has 41 heavy (non-hydrogen) atoms. The maximum atomic E-state index is 12.9. The molecular formula is C34H42O7. The zero-order valence-electron chi connectivity index (χ0n) is 24.2. The maximum Gasteiger partial charge on any atom is 0.338 e. The predicted molar refractivity (Wildman–Crippen MR) is 160 cm³/mol. The summed E-state index contributed by atoms with van der Waals surface area (Å²) in [6.45, 7) is 10.2. The molecule has 0 aliphatic heterocycles. The summed E-state index contributed by atoms with van der Waals surface area (Å²) in [4.78, 5) is 50.3. The summed E-state index contributed by atoms with van der Waals surface area (Å²) in [5.41, 5.74) is 1.75. The fourth-order valence-corrected chi connectivity index (χ4v) is 4.09. The molecule has 0 fully saturated rings. The Labute approximate surface area is 243 Å². The fraction of sp³-hybridized carbons (Fsp3) is 0.412. The first-order valence-electron chi connectivity index (χ1n) is 14.4. The average molecular weight is 563 g/mol. The normalized spacial score (nSPS) is 10.5. The smallest absolute Gasteiger partial charge is 0.338 e. The average Bonchev–Trinajstić information content (AvgIpc) is 2.99. The molecule has 7 heteroatoms. The first-order chi connectivity index (χ1) is 19.9. The van der Waals surface area contributed by atoms with Crippen molar-refractivity contribution in [1.82, 2.24) is 0 Å². The molecule has 0 saturated heterocycles. The SMILES string of the molecule is C=CCCCCOC(=O)c1cc(C=O)cc(-c2cc(C(=O)OCCCCC=C)cc(C(=O)OCCCCCC)c2)c1. The van der Waals surface area contributed by atoms with Gasteiger partial charge in [0.15, 0.2) is 0 Å². The number of carbonyl (C=O) groups is 4. The highest BCUT2D eigenvalue weighted by Crippen LogP contribution is 2.26. The van der Waals surface area contributed by atoms with Crippen LogP contribution in [0.5, 0.6) is 0 Å². The van der Waals surface area contributed by atoms with Crippen LogP contribution < -0.4 is 0 Å². The van der Waals surface area contributed by atoms with Gasteiger partial charge < -0.3 is 14.2 Å². The number of benzene rings is 2. The summed E-state index contributed by atoms with van der Waals surface area (Å²) in [6.07, 6.45) is 12.8. The molecule has 0 amide bonds. The van der Waals surface area contributed by atoms with Gasteiger partial charge in [0.05, 0.1) is 36.5 Å². The van der Waals surface area contributed by atoms with Crippen LogP contribution in [-0.2, 0) is 14.2 Å². The lowest BCUT2D eigenvalue weighted by atomic mass is 9.96. The number of hydrogen-bond acceptors (Lipinski definition) is 7. The summed E-state index contributed by atoms with van der Waals surface area (Å²) < 4.78 is 16.3. The summed E-state index contributed by atoms with van der Waals surface area (Å²) >= 11 is 0. The third kappa shape index (κ3) is 12.0. The quantitative estimate of drug-likeness (QED) is 0.0531. The zero-order valence-corrected chi connectivity index (χ0v) is 24.2. The minimum absolute atomic E-state index is 0.173. The monoisotopic (exact) mass is 562 g/mol. The molecule has 0 radical (unpaired) electrons. The minimum atomic E-state index is -0.576. The van der Waals surface area contributed by atoms with Crippen LogP contribution in [0.3, 0.4) is 0 Å². The molecular weight excluding hydrogens is 520 g/mol. The molecule has 2 aromatic rings. The van der Waals surface area contributed by atoms with Gasteiger partial charge in [-0.15, -0.1) is 13.2 Å². The van der Waals surface area contributed by atoms with Crippen LogP contribution >= 0.6 is 0 Å². The van der Waals surface area contributed by atoms with Crippen molar-refractivity contribution >= 4 is 24.2 Å². The molecule has 0 aromatic heterocycles. The molecule has 220 valence electrons. The Morgan fingerprint density at radius 3 is 1.49 bits per heavy atom. The first kappa shape index (κ1) is 33.2. The van der Waals surface area contributed by atoms with Crippen molar-refractivity contribution in [2.24, 2.45) is 0 Å². The molecule has 0 aliphatic rings. The van der Waals surface area contributed by atoms with Gasteiger partial charge in [0.25, 0.3) is 0 Å². The van der Waals surface area contributed by atoms with Crippen LogP contribution in [0, 0.1) is 0 Å². The van der Waals surface area contributed by atoms with E-state index in [2.05, 4.69) is 20.1 Å². The fourth-order valence-electron chi connectivity index (χ4n) is 4.09.